The van der Waals surface area contributed by atoms with Crippen molar-refractivity contribution in [1.29, 1.82) is 0 Å². The Kier molecular flexibility index (Phi) is 4.15. The molecule has 0 aliphatic heterocycles. The van der Waals surface area contributed by atoms with Crippen molar-refractivity contribution in [2.75, 3.05) is 12.4 Å². The second-order valence-corrected chi connectivity index (χ2v) is 5.05. The summed E-state index contributed by atoms with van der Waals surface area (Å²) in [7, 11) is 1.92. The van der Waals surface area contributed by atoms with Crippen LogP contribution in [0.25, 0.3) is 0 Å². The van der Waals surface area contributed by atoms with Crippen LogP contribution < -0.4 is 5.32 Å². The first-order valence-corrected chi connectivity index (χ1v) is 6.71. The van der Waals surface area contributed by atoms with Gasteiger partial charge in [0.2, 0.25) is 0 Å². The SMILES string of the molecule is CNc1nc(Cc2ccccc2)nc(C)c1C(C)C. The van der Waals surface area contributed by atoms with Crippen LogP contribution in [-0.4, -0.2) is 17.0 Å². The maximum atomic E-state index is 4.65. The molecule has 1 aromatic carbocycles. The number of aromatic nitrogens is 2. The zero-order valence-corrected chi connectivity index (χ0v) is 12.1. The molecule has 1 aromatic heterocycles. The molecule has 1 N–H and O–H groups in total. The summed E-state index contributed by atoms with van der Waals surface area (Å²) in [6, 6.07) is 10.3. The highest BCUT2D eigenvalue weighted by Crippen LogP contribution is 2.25. The molecule has 0 aliphatic rings. The van der Waals surface area contributed by atoms with Crippen molar-refractivity contribution in [1.82, 2.24) is 9.97 Å². The number of anilines is 1. The number of aryl methyl sites for hydroxylation is 1. The van der Waals surface area contributed by atoms with Crippen molar-refractivity contribution < 1.29 is 0 Å². The third-order valence-corrected chi connectivity index (χ3v) is 3.20. The smallest absolute Gasteiger partial charge is 0.135 e. The van der Waals surface area contributed by atoms with Crippen LogP contribution in [0.4, 0.5) is 5.82 Å². The first-order valence-electron chi connectivity index (χ1n) is 6.71. The molecule has 0 spiro atoms. The zero-order valence-electron chi connectivity index (χ0n) is 12.1. The molecule has 2 rings (SSSR count). The topological polar surface area (TPSA) is 37.8 Å². The normalized spacial score (nSPS) is 10.8. The molecule has 2 aromatic rings. The Morgan fingerprint density at radius 3 is 2.37 bits per heavy atom. The van der Waals surface area contributed by atoms with Gasteiger partial charge in [0.05, 0.1) is 0 Å². The van der Waals surface area contributed by atoms with E-state index in [2.05, 4.69) is 48.2 Å². The highest BCUT2D eigenvalue weighted by Gasteiger charge is 2.13. The van der Waals surface area contributed by atoms with E-state index in [4.69, 9.17) is 0 Å². The van der Waals surface area contributed by atoms with Crippen molar-refractivity contribution >= 4 is 5.82 Å². The largest absolute Gasteiger partial charge is 0.373 e. The summed E-state index contributed by atoms with van der Waals surface area (Å²) in [6.07, 6.45) is 0.773. The number of benzene rings is 1. The summed E-state index contributed by atoms with van der Waals surface area (Å²) >= 11 is 0. The van der Waals surface area contributed by atoms with E-state index < -0.39 is 0 Å². The van der Waals surface area contributed by atoms with Gasteiger partial charge in [0.1, 0.15) is 11.6 Å². The average Bonchev–Trinajstić information content (AvgIpc) is 2.38. The minimum Gasteiger partial charge on any atom is -0.373 e. The Bertz CT molecular complexity index is 547. The first-order chi connectivity index (χ1) is 9.11. The summed E-state index contributed by atoms with van der Waals surface area (Å²) in [5, 5.41) is 3.19. The van der Waals surface area contributed by atoms with Crippen LogP contribution >= 0.6 is 0 Å². The highest BCUT2D eigenvalue weighted by atomic mass is 15.0. The Balaban J connectivity index is 2.36. The Hall–Kier alpha value is -1.90. The quantitative estimate of drug-likeness (QED) is 0.908. The van der Waals surface area contributed by atoms with Crippen LogP contribution in [0, 0.1) is 6.92 Å². The zero-order chi connectivity index (χ0) is 13.8. The van der Waals surface area contributed by atoms with E-state index in [0.717, 1.165) is 23.8 Å². The Labute approximate surface area is 115 Å². The lowest BCUT2D eigenvalue weighted by Crippen LogP contribution is -2.09. The third kappa shape index (κ3) is 3.11. The number of hydrogen-bond donors (Lipinski definition) is 1. The standard InChI is InChI=1S/C16H21N3/c1-11(2)15-12(3)18-14(19-16(15)17-4)10-13-8-6-5-7-9-13/h5-9,11H,10H2,1-4H3,(H,17,18,19). The lowest BCUT2D eigenvalue weighted by atomic mass is 10.0. The van der Waals surface area contributed by atoms with E-state index in [0.29, 0.717) is 5.92 Å². The third-order valence-electron chi connectivity index (χ3n) is 3.20. The molecular formula is C16H21N3. The van der Waals surface area contributed by atoms with E-state index in [9.17, 15) is 0 Å². The summed E-state index contributed by atoms with van der Waals surface area (Å²) in [5.41, 5.74) is 3.51. The van der Waals surface area contributed by atoms with Crippen molar-refractivity contribution in [3.05, 3.63) is 53.0 Å². The first kappa shape index (κ1) is 13.5. The predicted octanol–water partition coefficient (Wildman–Crippen LogP) is 3.54. The van der Waals surface area contributed by atoms with Gasteiger partial charge in [-0.25, -0.2) is 9.97 Å². The molecule has 0 aliphatic carbocycles. The molecule has 19 heavy (non-hydrogen) atoms. The van der Waals surface area contributed by atoms with Crippen LogP contribution in [0.2, 0.25) is 0 Å². The predicted molar refractivity (Wildman–Crippen MR) is 79.7 cm³/mol. The maximum absolute atomic E-state index is 4.65. The Morgan fingerprint density at radius 2 is 1.79 bits per heavy atom. The molecule has 0 amide bonds. The van der Waals surface area contributed by atoms with Gasteiger partial charge in [-0.05, 0) is 18.4 Å². The van der Waals surface area contributed by atoms with Crippen LogP contribution in [-0.2, 0) is 6.42 Å². The minimum atomic E-state index is 0.424. The molecule has 0 atom stereocenters. The summed E-state index contributed by atoms with van der Waals surface area (Å²) in [5.74, 6) is 2.25. The summed E-state index contributed by atoms with van der Waals surface area (Å²) in [4.78, 5) is 9.29. The molecule has 0 unspecified atom stereocenters. The monoisotopic (exact) mass is 255 g/mol. The van der Waals surface area contributed by atoms with E-state index in [-0.39, 0.29) is 0 Å². The van der Waals surface area contributed by atoms with Crippen LogP contribution in [0.1, 0.15) is 42.4 Å². The molecule has 0 saturated carbocycles. The van der Waals surface area contributed by atoms with Crippen molar-refractivity contribution in [2.24, 2.45) is 0 Å². The fraction of sp³-hybridized carbons (Fsp3) is 0.375. The van der Waals surface area contributed by atoms with E-state index >= 15 is 0 Å². The van der Waals surface area contributed by atoms with Gasteiger partial charge in [-0.2, -0.15) is 0 Å². The van der Waals surface area contributed by atoms with Gasteiger partial charge in [0.25, 0.3) is 0 Å². The van der Waals surface area contributed by atoms with Gasteiger partial charge in [-0.1, -0.05) is 44.2 Å². The molecule has 3 nitrogen and oxygen atoms in total. The lowest BCUT2D eigenvalue weighted by Gasteiger charge is -2.15. The fourth-order valence-electron chi connectivity index (χ4n) is 2.38. The molecule has 1 heterocycles. The minimum absolute atomic E-state index is 0.424. The summed E-state index contributed by atoms with van der Waals surface area (Å²) < 4.78 is 0. The van der Waals surface area contributed by atoms with Crippen molar-refractivity contribution in [2.45, 2.75) is 33.1 Å². The maximum Gasteiger partial charge on any atom is 0.135 e. The van der Waals surface area contributed by atoms with E-state index in [1.165, 1.54) is 11.1 Å². The summed E-state index contributed by atoms with van der Waals surface area (Å²) in [6.45, 7) is 6.40. The highest BCUT2D eigenvalue weighted by molar-refractivity contribution is 5.48. The number of rotatable bonds is 4. The number of nitrogens with zero attached hydrogens (tertiary/aromatic N) is 2. The number of hydrogen-bond acceptors (Lipinski definition) is 3. The van der Waals surface area contributed by atoms with Crippen molar-refractivity contribution in [3.63, 3.8) is 0 Å². The average molecular weight is 255 g/mol. The lowest BCUT2D eigenvalue weighted by molar-refractivity contribution is 0.814. The van der Waals surface area contributed by atoms with Crippen molar-refractivity contribution in [3.8, 4) is 0 Å². The van der Waals surface area contributed by atoms with Gasteiger partial charge in [-0.15, -0.1) is 0 Å². The molecule has 3 heteroatoms. The van der Waals surface area contributed by atoms with E-state index in [1.54, 1.807) is 0 Å². The second-order valence-electron chi connectivity index (χ2n) is 5.05. The van der Waals surface area contributed by atoms with Gasteiger partial charge < -0.3 is 5.32 Å². The number of nitrogens with one attached hydrogen (secondary N) is 1. The Morgan fingerprint density at radius 1 is 1.11 bits per heavy atom. The molecule has 0 radical (unpaired) electrons. The van der Waals surface area contributed by atoms with E-state index in [1.807, 2.05) is 25.2 Å². The second kappa shape index (κ2) is 5.83. The molecular weight excluding hydrogens is 234 g/mol. The van der Waals surface area contributed by atoms with Gasteiger partial charge in [0.15, 0.2) is 0 Å². The van der Waals surface area contributed by atoms with Gasteiger partial charge in [0, 0.05) is 24.7 Å². The van der Waals surface area contributed by atoms with Crippen LogP contribution in [0.15, 0.2) is 30.3 Å². The molecule has 0 fully saturated rings. The van der Waals surface area contributed by atoms with Gasteiger partial charge >= 0.3 is 0 Å². The van der Waals surface area contributed by atoms with Crippen LogP contribution in [0.3, 0.4) is 0 Å². The fourth-order valence-corrected chi connectivity index (χ4v) is 2.38. The van der Waals surface area contributed by atoms with Gasteiger partial charge in [-0.3, -0.25) is 0 Å². The molecule has 0 bridgehead atoms. The molecule has 100 valence electrons. The molecule has 0 saturated heterocycles. The van der Waals surface area contributed by atoms with Crippen LogP contribution in [0.5, 0.6) is 0 Å².